The van der Waals surface area contributed by atoms with Crippen molar-refractivity contribution in [1.29, 1.82) is 0 Å². The van der Waals surface area contributed by atoms with Crippen molar-refractivity contribution in [3.05, 3.63) is 59.9 Å². The third-order valence-electron chi connectivity index (χ3n) is 4.18. The number of nitrogen functional groups attached to an aromatic ring is 1. The fourth-order valence-corrected chi connectivity index (χ4v) is 2.70. The number of halogens is 3. The maximum absolute atomic E-state index is 14.4. The number of hydrogen-bond donors (Lipinski definition) is 3. The Morgan fingerprint density at radius 2 is 1.87 bits per heavy atom. The highest BCUT2D eigenvalue weighted by molar-refractivity contribution is 6.07. The highest BCUT2D eigenvalue weighted by Gasteiger charge is 2.22. The average molecular weight is 432 g/mol. The van der Waals surface area contributed by atoms with Gasteiger partial charge in [0.1, 0.15) is 29.3 Å². The van der Waals surface area contributed by atoms with Gasteiger partial charge in [-0.3, -0.25) is 4.79 Å². The quantitative estimate of drug-likeness (QED) is 0.467. The molecule has 0 aliphatic carbocycles. The summed E-state index contributed by atoms with van der Waals surface area (Å²) in [5, 5.41) is 2.47. The molecule has 0 bridgehead atoms. The Hall–Kier alpha value is -3.73. The first-order valence-corrected chi connectivity index (χ1v) is 9.27. The molecule has 162 valence electrons. The van der Waals surface area contributed by atoms with Crippen LogP contribution in [0.25, 0.3) is 11.3 Å². The maximum atomic E-state index is 14.4. The second kappa shape index (κ2) is 9.85. The van der Waals surface area contributed by atoms with E-state index in [0.717, 1.165) is 30.7 Å². The van der Waals surface area contributed by atoms with Gasteiger partial charge in [-0.05, 0) is 31.5 Å². The van der Waals surface area contributed by atoms with Crippen LogP contribution < -0.4 is 21.5 Å². The van der Waals surface area contributed by atoms with E-state index in [1.165, 1.54) is 12.5 Å². The number of ether oxygens (including phenoxy) is 1. The molecular weight excluding hydrogens is 413 g/mol. The molecule has 0 aliphatic rings. The van der Waals surface area contributed by atoms with Crippen molar-refractivity contribution in [1.82, 2.24) is 15.0 Å². The summed E-state index contributed by atoms with van der Waals surface area (Å²) in [4.78, 5) is 24.3. The zero-order valence-corrected chi connectivity index (χ0v) is 16.2. The van der Waals surface area contributed by atoms with Crippen LogP contribution in [0.2, 0.25) is 0 Å². The van der Waals surface area contributed by atoms with Crippen molar-refractivity contribution in [2.75, 3.05) is 24.2 Å². The van der Waals surface area contributed by atoms with E-state index in [0.29, 0.717) is 19.6 Å². The first kappa shape index (κ1) is 22.0. The SMILES string of the molecule is NCCCCOc1ncncc1NC(=O)c1nc(-c2c(F)cccc2F)c(F)cc1N. The number of nitrogens with one attached hydrogen (secondary N) is 1. The molecule has 0 spiro atoms. The van der Waals surface area contributed by atoms with E-state index in [4.69, 9.17) is 16.2 Å². The molecule has 5 N–H and O–H groups in total. The summed E-state index contributed by atoms with van der Waals surface area (Å²) >= 11 is 0. The van der Waals surface area contributed by atoms with Crippen molar-refractivity contribution in [3.63, 3.8) is 0 Å². The molecule has 0 saturated heterocycles. The van der Waals surface area contributed by atoms with Crippen LogP contribution in [-0.2, 0) is 0 Å². The highest BCUT2D eigenvalue weighted by Crippen LogP contribution is 2.29. The summed E-state index contributed by atoms with van der Waals surface area (Å²) in [6, 6.07) is 3.80. The molecule has 0 unspecified atom stereocenters. The summed E-state index contributed by atoms with van der Waals surface area (Å²) in [7, 11) is 0. The molecule has 31 heavy (non-hydrogen) atoms. The van der Waals surface area contributed by atoms with Crippen molar-refractivity contribution in [2.24, 2.45) is 5.73 Å². The first-order chi connectivity index (χ1) is 14.9. The lowest BCUT2D eigenvalue weighted by Gasteiger charge is -2.13. The van der Waals surface area contributed by atoms with E-state index in [2.05, 4.69) is 20.3 Å². The largest absolute Gasteiger partial charge is 0.476 e. The molecule has 0 fully saturated rings. The summed E-state index contributed by atoms with van der Waals surface area (Å²) in [6.45, 7) is 0.821. The molecule has 0 saturated carbocycles. The Balaban J connectivity index is 1.90. The fourth-order valence-electron chi connectivity index (χ4n) is 2.70. The second-order valence-corrected chi connectivity index (χ2v) is 6.39. The number of nitrogens with two attached hydrogens (primary N) is 2. The van der Waals surface area contributed by atoms with Gasteiger partial charge in [0, 0.05) is 6.07 Å². The predicted octanol–water partition coefficient (Wildman–Crippen LogP) is 2.91. The number of benzene rings is 1. The van der Waals surface area contributed by atoms with Crippen LogP contribution in [-0.4, -0.2) is 34.0 Å². The normalized spacial score (nSPS) is 10.7. The summed E-state index contributed by atoms with van der Waals surface area (Å²) < 4.78 is 48.1. The van der Waals surface area contributed by atoms with Gasteiger partial charge < -0.3 is 21.5 Å². The molecular formula is C20H19F3N6O2. The summed E-state index contributed by atoms with van der Waals surface area (Å²) in [5.74, 6) is -3.91. The predicted molar refractivity (Wildman–Crippen MR) is 108 cm³/mol. The molecule has 3 aromatic rings. The number of carbonyl (C=O) groups excluding carboxylic acids is 1. The standard InChI is InChI=1S/C20H19F3N6O2/c21-11-4-3-5-12(22)16(11)17-13(23)8-14(25)18(29-17)19(30)28-15-9-26-10-27-20(15)31-7-2-1-6-24/h3-5,8-10H,1-2,6-7,24-25H2,(H,28,30). The second-order valence-electron chi connectivity index (χ2n) is 6.39. The third-order valence-corrected chi connectivity index (χ3v) is 4.18. The Bertz CT molecular complexity index is 1080. The minimum atomic E-state index is -1.08. The van der Waals surface area contributed by atoms with Crippen molar-refractivity contribution >= 4 is 17.3 Å². The van der Waals surface area contributed by atoms with Gasteiger partial charge in [-0.15, -0.1) is 0 Å². The first-order valence-electron chi connectivity index (χ1n) is 9.27. The van der Waals surface area contributed by atoms with E-state index >= 15 is 0 Å². The van der Waals surface area contributed by atoms with Crippen molar-refractivity contribution in [2.45, 2.75) is 12.8 Å². The summed E-state index contributed by atoms with van der Waals surface area (Å²) in [5.41, 5.74) is 9.13. The van der Waals surface area contributed by atoms with E-state index < -0.39 is 40.3 Å². The van der Waals surface area contributed by atoms with E-state index in [9.17, 15) is 18.0 Å². The third kappa shape index (κ3) is 5.07. The van der Waals surface area contributed by atoms with E-state index in [1.54, 1.807) is 0 Å². The van der Waals surface area contributed by atoms with Gasteiger partial charge in [0.15, 0.2) is 11.5 Å². The lowest BCUT2D eigenvalue weighted by Crippen LogP contribution is -2.18. The molecule has 3 rings (SSSR count). The van der Waals surface area contributed by atoms with Crippen molar-refractivity contribution in [3.8, 4) is 17.1 Å². The molecule has 0 radical (unpaired) electrons. The number of hydrogen-bond acceptors (Lipinski definition) is 7. The number of aromatic nitrogens is 3. The van der Waals surface area contributed by atoms with Crippen LogP contribution >= 0.6 is 0 Å². The van der Waals surface area contributed by atoms with Gasteiger partial charge in [-0.25, -0.2) is 23.1 Å². The van der Waals surface area contributed by atoms with E-state index in [-0.39, 0.29) is 17.3 Å². The fraction of sp³-hybridized carbons (Fsp3) is 0.200. The Kier molecular flexibility index (Phi) is 6.98. The number of nitrogens with zero attached hydrogens (tertiary/aromatic N) is 3. The Morgan fingerprint density at radius 3 is 2.58 bits per heavy atom. The molecule has 8 nitrogen and oxygen atoms in total. The lowest BCUT2D eigenvalue weighted by molar-refractivity contribution is 0.102. The van der Waals surface area contributed by atoms with Crippen LogP contribution in [0.15, 0.2) is 36.8 Å². The molecule has 0 aliphatic heterocycles. The molecule has 2 aromatic heterocycles. The summed E-state index contributed by atoms with van der Waals surface area (Å²) in [6.07, 6.45) is 3.95. The van der Waals surface area contributed by atoms with Crippen LogP contribution in [0.4, 0.5) is 24.5 Å². The molecule has 1 aromatic carbocycles. The monoisotopic (exact) mass is 432 g/mol. The van der Waals surface area contributed by atoms with Gasteiger partial charge >= 0.3 is 0 Å². The van der Waals surface area contributed by atoms with Gasteiger partial charge in [0.2, 0.25) is 5.88 Å². The Morgan fingerprint density at radius 1 is 1.13 bits per heavy atom. The highest BCUT2D eigenvalue weighted by atomic mass is 19.1. The minimum absolute atomic E-state index is 0.0985. The van der Waals surface area contributed by atoms with Crippen molar-refractivity contribution < 1.29 is 22.7 Å². The minimum Gasteiger partial charge on any atom is -0.476 e. The van der Waals surface area contributed by atoms with Gasteiger partial charge in [-0.1, -0.05) is 6.07 Å². The number of unbranched alkanes of at least 4 members (excludes halogenated alkanes) is 1. The smallest absolute Gasteiger partial charge is 0.276 e. The van der Waals surface area contributed by atoms with Crippen LogP contribution in [0.1, 0.15) is 23.3 Å². The van der Waals surface area contributed by atoms with Gasteiger partial charge in [0.05, 0.1) is 24.1 Å². The number of rotatable bonds is 8. The maximum Gasteiger partial charge on any atom is 0.276 e. The number of carbonyl (C=O) groups is 1. The topological polar surface area (TPSA) is 129 Å². The zero-order chi connectivity index (χ0) is 22.4. The number of amides is 1. The van der Waals surface area contributed by atoms with E-state index in [1.807, 2.05) is 0 Å². The average Bonchev–Trinajstić information content (AvgIpc) is 2.73. The molecule has 2 heterocycles. The number of anilines is 2. The van der Waals surface area contributed by atoms with Crippen LogP contribution in [0.5, 0.6) is 5.88 Å². The van der Waals surface area contributed by atoms with Crippen LogP contribution in [0, 0.1) is 17.5 Å². The molecule has 0 atom stereocenters. The Labute approximate surface area is 175 Å². The van der Waals surface area contributed by atoms with Crippen LogP contribution in [0.3, 0.4) is 0 Å². The zero-order valence-electron chi connectivity index (χ0n) is 16.2. The van der Waals surface area contributed by atoms with Gasteiger partial charge in [0.25, 0.3) is 5.91 Å². The molecule has 1 amide bonds. The molecule has 11 heteroatoms. The number of pyridine rings is 1. The van der Waals surface area contributed by atoms with Gasteiger partial charge in [-0.2, -0.15) is 4.98 Å². The lowest BCUT2D eigenvalue weighted by atomic mass is 10.1.